The lowest BCUT2D eigenvalue weighted by Crippen LogP contribution is -2.30. The first-order valence-corrected chi connectivity index (χ1v) is 6.95. The maximum Gasteiger partial charge on any atom is 0.119 e. The van der Waals surface area contributed by atoms with Crippen LogP contribution in [0.15, 0.2) is 24.3 Å². The Bertz CT molecular complexity index is 331. The molecule has 0 bridgehead atoms. The molecule has 18 heavy (non-hydrogen) atoms. The molecule has 0 aliphatic carbocycles. The molecule has 1 heterocycles. The molecule has 1 fully saturated rings. The van der Waals surface area contributed by atoms with Gasteiger partial charge in [0.1, 0.15) is 11.5 Å². The Hall–Kier alpha value is -1.22. The van der Waals surface area contributed by atoms with Crippen LogP contribution in [0, 0.1) is 5.92 Å². The highest BCUT2D eigenvalue weighted by Crippen LogP contribution is 2.20. The molecule has 3 nitrogen and oxygen atoms in total. The summed E-state index contributed by atoms with van der Waals surface area (Å²) in [5.74, 6) is 2.56. The normalized spacial score (nSPS) is 16.5. The highest BCUT2D eigenvalue weighted by atomic mass is 16.5. The van der Waals surface area contributed by atoms with E-state index in [9.17, 15) is 0 Å². The first-order chi connectivity index (χ1) is 8.88. The molecule has 1 N–H and O–H groups in total. The van der Waals surface area contributed by atoms with Crippen LogP contribution in [0.4, 0.5) is 0 Å². The molecular formula is C15H23NO2. The second-order valence-corrected chi connectivity index (χ2v) is 4.82. The van der Waals surface area contributed by atoms with Crippen molar-refractivity contribution in [1.82, 2.24) is 5.32 Å². The van der Waals surface area contributed by atoms with Gasteiger partial charge in [-0.15, -0.1) is 0 Å². The second kappa shape index (κ2) is 7.27. The minimum atomic E-state index is 0.697. The van der Waals surface area contributed by atoms with Crippen molar-refractivity contribution in [3.05, 3.63) is 24.3 Å². The molecule has 0 spiro atoms. The van der Waals surface area contributed by atoms with Gasteiger partial charge in [-0.2, -0.15) is 0 Å². The van der Waals surface area contributed by atoms with Crippen molar-refractivity contribution < 1.29 is 9.47 Å². The number of benzene rings is 1. The maximum atomic E-state index is 5.82. The fourth-order valence-corrected chi connectivity index (χ4v) is 2.11. The molecule has 3 heteroatoms. The second-order valence-electron chi connectivity index (χ2n) is 4.82. The Kier molecular flexibility index (Phi) is 5.34. The first-order valence-electron chi connectivity index (χ1n) is 6.95. The van der Waals surface area contributed by atoms with Gasteiger partial charge in [-0.1, -0.05) is 6.92 Å². The third kappa shape index (κ3) is 4.22. The van der Waals surface area contributed by atoms with Gasteiger partial charge in [-0.25, -0.2) is 0 Å². The highest BCUT2D eigenvalue weighted by molar-refractivity contribution is 5.31. The lowest BCUT2D eigenvalue weighted by atomic mass is 9.99. The predicted molar refractivity (Wildman–Crippen MR) is 73.3 cm³/mol. The van der Waals surface area contributed by atoms with Crippen molar-refractivity contribution >= 4 is 0 Å². The van der Waals surface area contributed by atoms with Gasteiger partial charge >= 0.3 is 0 Å². The van der Waals surface area contributed by atoms with E-state index in [-0.39, 0.29) is 0 Å². The minimum absolute atomic E-state index is 0.697. The van der Waals surface area contributed by atoms with E-state index in [0.29, 0.717) is 5.92 Å². The third-order valence-electron chi connectivity index (χ3n) is 3.24. The molecule has 0 radical (unpaired) electrons. The van der Waals surface area contributed by atoms with Gasteiger partial charge in [0, 0.05) is 0 Å². The van der Waals surface area contributed by atoms with E-state index in [1.165, 1.54) is 12.8 Å². The van der Waals surface area contributed by atoms with Crippen LogP contribution < -0.4 is 14.8 Å². The molecule has 0 unspecified atom stereocenters. The van der Waals surface area contributed by atoms with Crippen LogP contribution in [0.5, 0.6) is 11.5 Å². The monoisotopic (exact) mass is 249 g/mol. The van der Waals surface area contributed by atoms with E-state index in [2.05, 4.69) is 12.2 Å². The van der Waals surface area contributed by atoms with E-state index in [4.69, 9.17) is 9.47 Å². The quantitative estimate of drug-likeness (QED) is 0.841. The van der Waals surface area contributed by atoms with Crippen LogP contribution in [-0.4, -0.2) is 26.3 Å². The Labute approximate surface area is 109 Å². The zero-order chi connectivity index (χ0) is 12.6. The Morgan fingerprint density at radius 1 is 1.06 bits per heavy atom. The molecule has 1 aliphatic heterocycles. The molecule has 2 rings (SSSR count). The lowest BCUT2D eigenvalue weighted by molar-refractivity contribution is 0.215. The molecule has 0 aromatic heterocycles. The van der Waals surface area contributed by atoms with Crippen molar-refractivity contribution in [3.8, 4) is 11.5 Å². The molecule has 1 saturated heterocycles. The number of piperidine rings is 1. The number of ether oxygens (including phenoxy) is 2. The molecule has 1 aromatic carbocycles. The number of nitrogens with one attached hydrogen (secondary N) is 1. The Morgan fingerprint density at radius 2 is 1.67 bits per heavy atom. The summed E-state index contributed by atoms with van der Waals surface area (Å²) in [6.07, 6.45) is 3.48. The van der Waals surface area contributed by atoms with Gasteiger partial charge in [0.05, 0.1) is 13.2 Å². The summed E-state index contributed by atoms with van der Waals surface area (Å²) in [5, 5.41) is 3.37. The van der Waals surface area contributed by atoms with Crippen molar-refractivity contribution in [2.24, 2.45) is 5.92 Å². The van der Waals surface area contributed by atoms with Crippen LogP contribution in [0.1, 0.15) is 26.2 Å². The van der Waals surface area contributed by atoms with E-state index in [1.54, 1.807) is 0 Å². The third-order valence-corrected chi connectivity index (χ3v) is 3.24. The first kappa shape index (κ1) is 13.2. The summed E-state index contributed by atoms with van der Waals surface area (Å²) in [5.41, 5.74) is 0. The van der Waals surface area contributed by atoms with Gasteiger partial charge in [-0.3, -0.25) is 0 Å². The van der Waals surface area contributed by atoms with Crippen molar-refractivity contribution in [1.29, 1.82) is 0 Å². The molecule has 100 valence electrons. The maximum absolute atomic E-state index is 5.82. The van der Waals surface area contributed by atoms with Crippen molar-refractivity contribution in [3.63, 3.8) is 0 Å². The zero-order valence-electron chi connectivity index (χ0n) is 11.2. The molecule has 1 aliphatic rings. The number of hydrogen-bond acceptors (Lipinski definition) is 3. The predicted octanol–water partition coefficient (Wildman–Crippen LogP) is 2.85. The van der Waals surface area contributed by atoms with Crippen LogP contribution in [-0.2, 0) is 0 Å². The van der Waals surface area contributed by atoms with Crippen molar-refractivity contribution in [2.75, 3.05) is 26.3 Å². The van der Waals surface area contributed by atoms with Crippen LogP contribution in [0.3, 0.4) is 0 Å². The van der Waals surface area contributed by atoms with Crippen LogP contribution in [0.2, 0.25) is 0 Å². The van der Waals surface area contributed by atoms with Crippen LogP contribution >= 0.6 is 0 Å². The smallest absolute Gasteiger partial charge is 0.119 e. The van der Waals surface area contributed by atoms with E-state index in [0.717, 1.165) is 44.2 Å². The fourth-order valence-electron chi connectivity index (χ4n) is 2.11. The van der Waals surface area contributed by atoms with Gasteiger partial charge < -0.3 is 14.8 Å². The average Bonchev–Trinajstić information content (AvgIpc) is 2.45. The average molecular weight is 249 g/mol. The van der Waals surface area contributed by atoms with Gasteiger partial charge in [-0.05, 0) is 62.5 Å². The number of rotatable bonds is 6. The molecular weight excluding hydrogens is 226 g/mol. The highest BCUT2D eigenvalue weighted by Gasteiger charge is 2.13. The van der Waals surface area contributed by atoms with E-state index in [1.807, 2.05) is 24.3 Å². The van der Waals surface area contributed by atoms with Crippen LogP contribution in [0.25, 0.3) is 0 Å². The fraction of sp³-hybridized carbons (Fsp3) is 0.600. The summed E-state index contributed by atoms with van der Waals surface area (Å²) in [4.78, 5) is 0. The van der Waals surface area contributed by atoms with E-state index < -0.39 is 0 Å². The molecule has 0 atom stereocenters. The van der Waals surface area contributed by atoms with E-state index >= 15 is 0 Å². The SMILES string of the molecule is CCCOc1ccc(OCC2CCNCC2)cc1. The summed E-state index contributed by atoms with van der Waals surface area (Å²) in [7, 11) is 0. The van der Waals surface area contributed by atoms with Gasteiger partial charge in [0.15, 0.2) is 0 Å². The lowest BCUT2D eigenvalue weighted by Gasteiger charge is -2.22. The van der Waals surface area contributed by atoms with Crippen molar-refractivity contribution in [2.45, 2.75) is 26.2 Å². The van der Waals surface area contributed by atoms with Gasteiger partial charge in [0.25, 0.3) is 0 Å². The standard InChI is InChI=1S/C15H23NO2/c1-2-11-17-14-3-5-15(6-4-14)18-12-13-7-9-16-10-8-13/h3-6,13,16H,2,7-12H2,1H3. The minimum Gasteiger partial charge on any atom is -0.494 e. The molecule has 0 amide bonds. The summed E-state index contributed by atoms with van der Waals surface area (Å²) >= 11 is 0. The summed E-state index contributed by atoms with van der Waals surface area (Å²) in [6.45, 7) is 5.96. The Balaban J connectivity index is 1.75. The summed E-state index contributed by atoms with van der Waals surface area (Å²) in [6, 6.07) is 7.94. The summed E-state index contributed by atoms with van der Waals surface area (Å²) < 4.78 is 11.4. The topological polar surface area (TPSA) is 30.5 Å². The molecule has 1 aromatic rings. The van der Waals surface area contributed by atoms with Gasteiger partial charge in [0.2, 0.25) is 0 Å². The zero-order valence-corrected chi connectivity index (χ0v) is 11.2. The Morgan fingerprint density at radius 3 is 2.28 bits per heavy atom. The number of hydrogen-bond donors (Lipinski definition) is 1. The largest absolute Gasteiger partial charge is 0.494 e. The molecule has 0 saturated carbocycles.